The standard InChI is InChI=1S/C38H46F3N7O6S/c1-21(52-7)30-23(10-8-14-42-30)31-25-18-37(5,6)20-53-34(50)26-11-9-15-48(45-26)33(49)27(43-35(51)54-36(2,3)4)17-29-44-32(55-46-29)22-12-13-28(24(25)16-22)47(31)19-38(39,40)41/h8,10,12-14,16,21,26-27,45H,9,11,15,17-20H2,1-7H3,(H,43,51)/t21-,26-,27-/m0/s1. The number of hydrogen-bond acceptors (Lipinski definition) is 11. The summed E-state index contributed by atoms with van der Waals surface area (Å²) in [5.41, 5.74) is 4.22. The van der Waals surface area contributed by atoms with Gasteiger partial charge < -0.3 is 24.1 Å². The number of aromatic nitrogens is 4. The molecule has 1 aromatic carbocycles. The topological polar surface area (TPSA) is 150 Å². The number of carbonyl (C=O) groups is 3. The number of alkyl halides is 3. The van der Waals surface area contributed by atoms with Crippen LogP contribution < -0.4 is 10.7 Å². The van der Waals surface area contributed by atoms with Crippen molar-refractivity contribution in [1.29, 1.82) is 0 Å². The van der Waals surface area contributed by atoms with Crippen LogP contribution in [0.3, 0.4) is 0 Å². The molecule has 6 bridgehead atoms. The fourth-order valence-electron chi connectivity index (χ4n) is 6.93. The molecule has 0 unspecified atom stereocenters. The van der Waals surface area contributed by atoms with Crippen LogP contribution in [-0.4, -0.2) is 86.0 Å². The van der Waals surface area contributed by atoms with Gasteiger partial charge in [-0.25, -0.2) is 15.2 Å². The first-order chi connectivity index (χ1) is 25.8. The summed E-state index contributed by atoms with van der Waals surface area (Å²) in [6, 6.07) is 6.54. The van der Waals surface area contributed by atoms with Crippen molar-refractivity contribution < 1.29 is 41.8 Å². The normalized spacial score (nSPS) is 20.1. The molecule has 6 rings (SSSR count). The molecule has 0 spiro atoms. The third-order valence-corrected chi connectivity index (χ3v) is 10.2. The van der Waals surface area contributed by atoms with Gasteiger partial charge in [-0.3, -0.25) is 19.6 Å². The zero-order valence-corrected chi connectivity index (χ0v) is 32.7. The second-order valence-electron chi connectivity index (χ2n) is 15.8. The van der Waals surface area contributed by atoms with Crippen molar-refractivity contribution >= 4 is 40.4 Å². The van der Waals surface area contributed by atoms with E-state index in [1.54, 1.807) is 64.2 Å². The zero-order valence-electron chi connectivity index (χ0n) is 31.9. The third-order valence-electron chi connectivity index (χ3n) is 9.43. The number of nitrogens with zero attached hydrogens (tertiary/aromatic N) is 5. The number of nitrogens with one attached hydrogen (secondary N) is 2. The summed E-state index contributed by atoms with van der Waals surface area (Å²) in [7, 11) is 1.51. The molecule has 17 heteroatoms. The van der Waals surface area contributed by atoms with Crippen molar-refractivity contribution in [2.45, 2.75) is 104 Å². The predicted octanol–water partition coefficient (Wildman–Crippen LogP) is 6.55. The van der Waals surface area contributed by atoms with Gasteiger partial charge in [0.15, 0.2) is 0 Å². The molecular formula is C38H46F3N7O6S. The minimum atomic E-state index is -4.57. The highest BCUT2D eigenvalue weighted by Gasteiger charge is 2.37. The number of methoxy groups -OCH3 is 1. The lowest BCUT2D eigenvalue weighted by molar-refractivity contribution is -0.155. The summed E-state index contributed by atoms with van der Waals surface area (Å²) in [5.74, 6) is -0.836. The van der Waals surface area contributed by atoms with E-state index in [1.807, 2.05) is 13.8 Å². The van der Waals surface area contributed by atoms with Crippen LogP contribution in [0.4, 0.5) is 18.0 Å². The SMILES string of the molecule is CO[C@@H](C)c1ncccc1-c1c2c3cc(ccc3n1CC(F)(F)F)-c1nc(ns1)C[C@H](NC(=O)OC(C)(C)C)C(=O)N1CCC[C@H](N1)C(=O)OCC(C)(C)C2. The number of carbonyl (C=O) groups excluding carboxylic acids is 3. The van der Waals surface area contributed by atoms with Gasteiger partial charge >= 0.3 is 18.2 Å². The Morgan fingerprint density at radius 3 is 2.67 bits per heavy atom. The number of hydrogen-bond donors (Lipinski definition) is 2. The first-order valence-electron chi connectivity index (χ1n) is 18.1. The third kappa shape index (κ3) is 9.27. The Morgan fingerprint density at radius 1 is 1.20 bits per heavy atom. The second-order valence-corrected chi connectivity index (χ2v) is 16.5. The molecule has 296 valence electrons. The van der Waals surface area contributed by atoms with Crippen molar-refractivity contribution in [2.75, 3.05) is 20.3 Å². The number of cyclic esters (lactones) is 1. The zero-order chi connectivity index (χ0) is 39.9. The van der Waals surface area contributed by atoms with Crippen molar-refractivity contribution in [3.63, 3.8) is 0 Å². The second kappa shape index (κ2) is 15.5. The molecule has 55 heavy (non-hydrogen) atoms. The quantitative estimate of drug-likeness (QED) is 0.214. The van der Waals surface area contributed by atoms with Crippen LogP contribution >= 0.6 is 11.5 Å². The Bertz CT molecular complexity index is 2070. The lowest BCUT2D eigenvalue weighted by Crippen LogP contribution is -2.60. The number of benzene rings is 1. The summed E-state index contributed by atoms with van der Waals surface area (Å²) >= 11 is 1.07. The van der Waals surface area contributed by atoms with E-state index in [0.717, 1.165) is 11.5 Å². The Morgan fingerprint density at radius 2 is 1.96 bits per heavy atom. The summed E-state index contributed by atoms with van der Waals surface area (Å²) in [6.07, 6.45) is -3.34. The van der Waals surface area contributed by atoms with Crippen LogP contribution in [0.25, 0.3) is 32.7 Å². The average Bonchev–Trinajstić information content (AvgIpc) is 3.69. The Kier molecular flexibility index (Phi) is 11.3. The molecule has 2 aliphatic rings. The van der Waals surface area contributed by atoms with Gasteiger partial charge in [0.05, 0.1) is 24.1 Å². The largest absolute Gasteiger partial charge is 0.464 e. The molecule has 0 radical (unpaired) electrons. The fourth-order valence-corrected chi connectivity index (χ4v) is 7.61. The van der Waals surface area contributed by atoms with E-state index in [9.17, 15) is 27.6 Å². The monoisotopic (exact) mass is 785 g/mol. The molecule has 3 atom stereocenters. The highest BCUT2D eigenvalue weighted by atomic mass is 32.1. The van der Waals surface area contributed by atoms with Gasteiger partial charge in [-0.1, -0.05) is 13.8 Å². The summed E-state index contributed by atoms with van der Waals surface area (Å²) in [5, 5.41) is 4.99. The van der Waals surface area contributed by atoms with Gasteiger partial charge in [0.25, 0.3) is 5.91 Å². The van der Waals surface area contributed by atoms with Crippen molar-refractivity contribution in [1.82, 2.24) is 34.7 Å². The molecular weight excluding hydrogens is 740 g/mol. The van der Waals surface area contributed by atoms with Gasteiger partial charge in [-0.05, 0) is 94.4 Å². The number of amides is 2. The predicted molar refractivity (Wildman–Crippen MR) is 199 cm³/mol. The summed E-state index contributed by atoms with van der Waals surface area (Å²) in [4.78, 5) is 49.7. The molecule has 3 aromatic heterocycles. The maximum Gasteiger partial charge on any atom is 0.408 e. The molecule has 13 nitrogen and oxygen atoms in total. The molecule has 4 aromatic rings. The van der Waals surface area contributed by atoms with Gasteiger partial charge in [0.2, 0.25) is 0 Å². The first kappa shape index (κ1) is 40.1. The first-order valence-corrected chi connectivity index (χ1v) is 18.9. The minimum absolute atomic E-state index is 0.0695. The van der Waals surface area contributed by atoms with E-state index in [0.29, 0.717) is 56.8 Å². The molecule has 5 heterocycles. The highest BCUT2D eigenvalue weighted by molar-refractivity contribution is 7.09. The van der Waals surface area contributed by atoms with Gasteiger partial charge in [0, 0.05) is 53.7 Å². The molecule has 2 aliphatic heterocycles. The van der Waals surface area contributed by atoms with Gasteiger partial charge in [0.1, 0.15) is 35.1 Å². The Balaban J connectivity index is 1.53. The van der Waals surface area contributed by atoms with E-state index in [-0.39, 0.29) is 31.8 Å². The molecule has 1 fully saturated rings. The maximum atomic E-state index is 14.5. The van der Waals surface area contributed by atoms with Crippen LogP contribution in [0.1, 0.15) is 77.6 Å². The minimum Gasteiger partial charge on any atom is -0.464 e. The highest BCUT2D eigenvalue weighted by Crippen LogP contribution is 2.43. The average molecular weight is 786 g/mol. The number of halogens is 3. The number of pyridine rings is 1. The van der Waals surface area contributed by atoms with E-state index in [4.69, 9.17) is 19.2 Å². The molecule has 2 N–H and O–H groups in total. The smallest absolute Gasteiger partial charge is 0.408 e. The number of hydrazine groups is 1. The molecule has 2 amide bonds. The molecule has 1 saturated heterocycles. The lowest BCUT2D eigenvalue weighted by Gasteiger charge is -2.35. The van der Waals surface area contributed by atoms with Crippen molar-refractivity contribution in [2.24, 2.45) is 5.41 Å². The molecule has 0 aliphatic carbocycles. The maximum absolute atomic E-state index is 14.5. The molecule has 0 saturated carbocycles. The van der Waals surface area contributed by atoms with Crippen molar-refractivity contribution in [3.8, 4) is 21.8 Å². The Hall–Kier alpha value is -4.61. The van der Waals surface area contributed by atoms with Gasteiger partial charge in [-0.2, -0.15) is 17.5 Å². The van der Waals surface area contributed by atoms with Crippen LogP contribution in [-0.2, 0) is 43.2 Å². The summed E-state index contributed by atoms with van der Waals surface area (Å²) < 4.78 is 66.1. The van der Waals surface area contributed by atoms with E-state index < -0.39 is 59.9 Å². The fraction of sp³-hybridized carbons (Fsp3) is 0.526. The number of alkyl carbamates (subject to hydrolysis) is 1. The van der Waals surface area contributed by atoms with Crippen LogP contribution in [0.5, 0.6) is 0 Å². The Labute approximate surface area is 321 Å². The lowest BCUT2D eigenvalue weighted by atomic mass is 9.84. The summed E-state index contributed by atoms with van der Waals surface area (Å²) in [6.45, 7) is 9.60. The van der Waals surface area contributed by atoms with Crippen LogP contribution in [0, 0.1) is 5.41 Å². The van der Waals surface area contributed by atoms with Crippen LogP contribution in [0.2, 0.25) is 0 Å². The van der Waals surface area contributed by atoms with E-state index in [1.165, 1.54) is 16.7 Å². The van der Waals surface area contributed by atoms with Crippen LogP contribution in [0.15, 0.2) is 36.5 Å². The van der Waals surface area contributed by atoms with E-state index >= 15 is 0 Å². The number of esters is 1. The number of ether oxygens (including phenoxy) is 3. The van der Waals surface area contributed by atoms with Crippen molar-refractivity contribution in [3.05, 3.63) is 53.6 Å². The van der Waals surface area contributed by atoms with E-state index in [2.05, 4.69) is 20.1 Å². The number of rotatable bonds is 5. The number of fused-ring (bicyclic) bond motifs is 6. The van der Waals surface area contributed by atoms with Gasteiger partial charge in [-0.15, -0.1) is 0 Å².